The number of nitrogens with one attached hydrogen (secondary N) is 3. The molecule has 0 radical (unpaired) electrons. The number of fused-ring (bicyclic) bond motifs is 7. The fraction of sp³-hybridized carbons (Fsp3) is 0.559. The minimum Gasteiger partial charge on any atom is -0.355 e. The number of hydrogen-bond donors (Lipinski definition) is 3. The van der Waals surface area contributed by atoms with Crippen molar-refractivity contribution in [3.05, 3.63) is 69.4 Å². The second-order valence-corrected chi connectivity index (χ2v) is 13.5. The lowest BCUT2D eigenvalue weighted by atomic mass is 9.78. The van der Waals surface area contributed by atoms with E-state index < -0.39 is 29.8 Å². The summed E-state index contributed by atoms with van der Waals surface area (Å²) in [5.41, 5.74) is 1.25. The van der Waals surface area contributed by atoms with Crippen molar-refractivity contribution >= 4 is 36.0 Å². The summed E-state index contributed by atoms with van der Waals surface area (Å²) >= 11 is 0. The summed E-state index contributed by atoms with van der Waals surface area (Å²) in [6, 6.07) is 7.40. The van der Waals surface area contributed by atoms with E-state index in [1.54, 1.807) is 16.7 Å². The maximum atomic E-state index is 14.9. The second kappa shape index (κ2) is 14.6. The molecule has 0 spiro atoms. The van der Waals surface area contributed by atoms with Crippen LogP contribution in [0.5, 0.6) is 0 Å². The zero-order valence-electron chi connectivity index (χ0n) is 26.9. The maximum Gasteiger partial charge on any atom is 0.257 e. The van der Waals surface area contributed by atoms with E-state index >= 15 is 0 Å². The molecule has 47 heavy (non-hydrogen) atoms. The van der Waals surface area contributed by atoms with Gasteiger partial charge in [-0.2, -0.15) is 0 Å². The van der Waals surface area contributed by atoms with E-state index in [1.807, 2.05) is 19.9 Å². The predicted octanol–water partition coefficient (Wildman–Crippen LogP) is 1.99. The molecule has 0 aliphatic carbocycles. The fourth-order valence-electron chi connectivity index (χ4n) is 7.55. The van der Waals surface area contributed by atoms with Crippen LogP contribution in [0.1, 0.15) is 73.1 Å². The van der Waals surface area contributed by atoms with Crippen molar-refractivity contribution in [3.63, 3.8) is 0 Å². The number of aromatic nitrogens is 1. The Morgan fingerprint density at radius 2 is 1.85 bits per heavy atom. The first-order valence-electron chi connectivity index (χ1n) is 16.5. The Bertz CT molecular complexity index is 1580. The molecule has 6 rings (SSSR count). The molecule has 4 bridgehead atoms. The lowest BCUT2D eigenvalue weighted by Gasteiger charge is -2.44. The highest BCUT2D eigenvalue weighted by Gasteiger charge is 2.44. The number of halogens is 2. The van der Waals surface area contributed by atoms with Crippen LogP contribution in [0.3, 0.4) is 0 Å². The van der Waals surface area contributed by atoms with Gasteiger partial charge in [-0.3, -0.25) is 28.5 Å². The van der Waals surface area contributed by atoms with Crippen molar-refractivity contribution in [1.29, 1.82) is 0 Å². The summed E-state index contributed by atoms with van der Waals surface area (Å²) in [6.07, 6.45) is 2.84. The lowest BCUT2D eigenvalue weighted by molar-refractivity contribution is -0.142. The third kappa shape index (κ3) is 7.08. The fourth-order valence-corrected chi connectivity index (χ4v) is 7.55. The average Bonchev–Trinajstić information content (AvgIpc) is 3.53. The smallest absolute Gasteiger partial charge is 0.257 e. The molecule has 2 saturated heterocycles. The Morgan fingerprint density at radius 3 is 2.64 bits per heavy atom. The standard InChI is InChI=1S/C34H43FN6O5.ClH/c1-20(2)26-18-39(34(46)31-23-15-22(16-36-17-23)27-7-3-9-30(43)41(27)31)19-29(42)37-12-4-6-21-10-11-25(35)24(14-21)33(45)40-13-5-8-28(40)32(44)38-26;/h3,7,9-11,14,20,22-23,26,28,31,36H,4-6,8,12-13,15-19H2,1-2H3,(H,37,42)(H,38,44);1H/t22-,23+,26+,28+,31-;/m1./s1. The number of pyridine rings is 1. The number of hydrogen-bond acceptors (Lipinski definition) is 6. The van der Waals surface area contributed by atoms with Crippen LogP contribution in [0.25, 0.3) is 0 Å². The van der Waals surface area contributed by atoms with Crippen LogP contribution >= 0.6 is 12.4 Å². The first kappa shape index (κ1) is 34.6. The van der Waals surface area contributed by atoms with Crippen LogP contribution in [0, 0.1) is 17.7 Å². The average molecular weight is 671 g/mol. The number of carbonyl (C=O) groups excluding carboxylic acids is 4. The van der Waals surface area contributed by atoms with Crippen LogP contribution in [0.15, 0.2) is 41.2 Å². The molecule has 1 aromatic heterocycles. The van der Waals surface area contributed by atoms with Gasteiger partial charge >= 0.3 is 0 Å². The quantitative estimate of drug-likeness (QED) is 0.448. The topological polar surface area (TPSA) is 133 Å². The van der Waals surface area contributed by atoms with Gasteiger partial charge in [0.25, 0.3) is 11.5 Å². The van der Waals surface area contributed by atoms with Gasteiger partial charge in [-0.25, -0.2) is 4.39 Å². The van der Waals surface area contributed by atoms with Crippen molar-refractivity contribution in [2.24, 2.45) is 11.8 Å². The van der Waals surface area contributed by atoms with Crippen LogP contribution in [0.4, 0.5) is 4.39 Å². The summed E-state index contributed by atoms with van der Waals surface area (Å²) < 4.78 is 16.5. The first-order chi connectivity index (χ1) is 22.1. The summed E-state index contributed by atoms with van der Waals surface area (Å²) in [7, 11) is 0. The molecule has 0 saturated carbocycles. The number of amides is 4. The van der Waals surface area contributed by atoms with E-state index in [2.05, 4.69) is 16.0 Å². The zero-order chi connectivity index (χ0) is 32.5. The number of piperidine rings is 1. The van der Waals surface area contributed by atoms with Crippen LogP contribution in [0.2, 0.25) is 0 Å². The highest BCUT2D eigenvalue weighted by Crippen LogP contribution is 2.39. The van der Waals surface area contributed by atoms with Gasteiger partial charge in [-0.05, 0) is 61.8 Å². The Balaban J connectivity index is 0.00000433. The molecule has 11 nitrogen and oxygen atoms in total. The third-order valence-electron chi connectivity index (χ3n) is 10.0. The van der Waals surface area contributed by atoms with E-state index in [0.717, 1.165) is 24.2 Å². The van der Waals surface area contributed by atoms with E-state index in [-0.39, 0.29) is 72.1 Å². The van der Waals surface area contributed by atoms with Gasteiger partial charge in [-0.1, -0.05) is 26.0 Å². The van der Waals surface area contributed by atoms with Crippen molar-refractivity contribution in [3.8, 4) is 0 Å². The Kier molecular flexibility index (Phi) is 10.7. The van der Waals surface area contributed by atoms with E-state index in [1.165, 1.54) is 28.0 Å². The van der Waals surface area contributed by atoms with E-state index in [0.29, 0.717) is 45.3 Å². The molecule has 1 aromatic carbocycles. The minimum absolute atomic E-state index is 0. The molecule has 4 aliphatic heterocycles. The maximum absolute atomic E-state index is 14.9. The monoisotopic (exact) mass is 670 g/mol. The Hall–Kier alpha value is -3.77. The number of carbonyl (C=O) groups is 4. The van der Waals surface area contributed by atoms with Crippen molar-refractivity contribution < 1.29 is 23.6 Å². The van der Waals surface area contributed by atoms with Gasteiger partial charge in [-0.15, -0.1) is 12.4 Å². The first-order valence-corrected chi connectivity index (χ1v) is 16.5. The summed E-state index contributed by atoms with van der Waals surface area (Å²) in [4.78, 5) is 71.4. The van der Waals surface area contributed by atoms with Gasteiger partial charge in [0.15, 0.2) is 0 Å². The molecule has 2 aromatic rings. The second-order valence-electron chi connectivity index (χ2n) is 13.5. The minimum atomic E-state index is -0.790. The number of aryl methyl sites for hydroxylation is 1. The van der Waals surface area contributed by atoms with Gasteiger partial charge < -0.3 is 25.8 Å². The zero-order valence-corrected chi connectivity index (χ0v) is 27.7. The normalized spacial score (nSPS) is 26.8. The van der Waals surface area contributed by atoms with Gasteiger partial charge in [0.1, 0.15) is 17.9 Å². The van der Waals surface area contributed by atoms with Crippen LogP contribution in [-0.4, -0.2) is 89.3 Å². The highest BCUT2D eigenvalue weighted by atomic mass is 35.5. The molecule has 4 aliphatic rings. The molecule has 13 heteroatoms. The van der Waals surface area contributed by atoms with Gasteiger partial charge in [0.2, 0.25) is 17.7 Å². The largest absolute Gasteiger partial charge is 0.355 e. The molecular formula is C34H44ClFN6O5. The van der Waals surface area contributed by atoms with Gasteiger partial charge in [0, 0.05) is 62.4 Å². The molecular weight excluding hydrogens is 627 g/mol. The van der Waals surface area contributed by atoms with Crippen molar-refractivity contribution in [2.45, 2.75) is 70.0 Å². The van der Waals surface area contributed by atoms with Gasteiger partial charge in [0.05, 0.1) is 12.1 Å². The third-order valence-corrected chi connectivity index (χ3v) is 10.0. The molecule has 4 amide bonds. The lowest BCUT2D eigenvalue weighted by Crippen LogP contribution is -2.58. The van der Waals surface area contributed by atoms with E-state index in [9.17, 15) is 28.4 Å². The summed E-state index contributed by atoms with van der Waals surface area (Å²) in [5, 5.41) is 9.38. The van der Waals surface area contributed by atoms with Crippen LogP contribution < -0.4 is 21.5 Å². The molecule has 3 N–H and O–H groups in total. The Labute approximate surface area is 280 Å². The van der Waals surface area contributed by atoms with Crippen LogP contribution in [-0.2, 0) is 20.8 Å². The van der Waals surface area contributed by atoms with E-state index in [4.69, 9.17) is 0 Å². The predicted molar refractivity (Wildman–Crippen MR) is 176 cm³/mol. The molecule has 0 unspecified atom stereocenters. The van der Waals surface area contributed by atoms with Crippen molar-refractivity contribution in [1.82, 2.24) is 30.3 Å². The molecule has 5 atom stereocenters. The number of rotatable bonds is 2. The SMILES string of the molecule is CC(C)[C@@H]1CN(C(=O)[C@H]2[C@@H]3CNC[C@@H](C3)c3cccc(=O)n32)CC(=O)NCCCc2ccc(F)c(c2)C(=O)N2CCC[C@H]2C(=O)N1.Cl. The molecule has 2 fully saturated rings. The summed E-state index contributed by atoms with van der Waals surface area (Å²) in [5.74, 6) is -2.36. The van der Waals surface area contributed by atoms with Crippen molar-refractivity contribution in [2.75, 3.05) is 39.3 Å². The summed E-state index contributed by atoms with van der Waals surface area (Å²) in [6.45, 7) is 5.61. The number of benzene rings is 1. The Morgan fingerprint density at radius 1 is 1.04 bits per heavy atom. The number of nitrogens with zero attached hydrogens (tertiary/aromatic N) is 3. The molecule has 254 valence electrons. The highest BCUT2D eigenvalue weighted by molar-refractivity contribution is 5.98. The molecule has 5 heterocycles.